The van der Waals surface area contributed by atoms with E-state index < -0.39 is 9.85 Å². The van der Waals surface area contributed by atoms with Gasteiger partial charge in [-0.1, -0.05) is 12.1 Å². The summed E-state index contributed by atoms with van der Waals surface area (Å²) < 4.78 is 6.76. The Labute approximate surface area is 118 Å². The van der Waals surface area contributed by atoms with Crippen LogP contribution in [0.5, 0.6) is 6.01 Å². The average molecular weight is 290 g/mol. The van der Waals surface area contributed by atoms with Crippen molar-refractivity contribution in [2.75, 3.05) is 0 Å². The van der Waals surface area contributed by atoms with Crippen LogP contribution >= 0.6 is 0 Å². The zero-order chi connectivity index (χ0) is 15.1. The highest BCUT2D eigenvalue weighted by Crippen LogP contribution is 2.37. The van der Waals surface area contributed by atoms with Crippen molar-refractivity contribution in [2.24, 2.45) is 0 Å². The van der Waals surface area contributed by atoms with Crippen LogP contribution < -0.4 is 4.74 Å². The number of ether oxygens (including phenoxy) is 1. The Balaban J connectivity index is 2.16. The van der Waals surface area contributed by atoms with E-state index in [1.165, 1.54) is 22.8 Å². The summed E-state index contributed by atoms with van der Waals surface area (Å²) in [6, 6.07) is 5.74. The highest BCUT2D eigenvalue weighted by molar-refractivity contribution is 5.71. The van der Waals surface area contributed by atoms with E-state index in [1.807, 2.05) is 0 Å². The maximum absolute atomic E-state index is 11.3. The molecule has 21 heavy (non-hydrogen) atoms. The van der Waals surface area contributed by atoms with Gasteiger partial charge in [-0.2, -0.15) is 9.55 Å². The maximum atomic E-state index is 11.3. The zero-order valence-electron chi connectivity index (χ0n) is 10.9. The van der Waals surface area contributed by atoms with Crippen molar-refractivity contribution in [2.45, 2.75) is 19.6 Å². The molecule has 1 atom stereocenters. The van der Waals surface area contributed by atoms with Gasteiger partial charge in [0, 0.05) is 17.7 Å². The molecule has 1 aliphatic heterocycles. The number of nitro groups is 2. The molecular formula is C12H10N4O5. The molecule has 9 heteroatoms. The second-order valence-electron chi connectivity index (χ2n) is 4.67. The van der Waals surface area contributed by atoms with Crippen molar-refractivity contribution >= 4 is 11.5 Å². The van der Waals surface area contributed by atoms with Gasteiger partial charge in [-0.15, -0.1) is 0 Å². The van der Waals surface area contributed by atoms with Gasteiger partial charge in [0.05, 0.1) is 4.92 Å². The zero-order valence-corrected chi connectivity index (χ0v) is 10.9. The second-order valence-corrected chi connectivity index (χ2v) is 4.67. The summed E-state index contributed by atoms with van der Waals surface area (Å²) in [7, 11) is 0. The lowest BCUT2D eigenvalue weighted by Crippen LogP contribution is -2.10. The van der Waals surface area contributed by atoms with Crippen LogP contribution in [0.3, 0.4) is 0 Å². The predicted molar refractivity (Wildman–Crippen MR) is 71.1 cm³/mol. The Kier molecular flexibility index (Phi) is 2.82. The fourth-order valence-corrected chi connectivity index (χ4v) is 2.30. The van der Waals surface area contributed by atoms with E-state index in [2.05, 4.69) is 4.98 Å². The van der Waals surface area contributed by atoms with Crippen LogP contribution in [0.25, 0.3) is 11.3 Å². The SMILES string of the molecule is CC1Cn2c(nc(-c3cccc([N+](=O)[O-])c3)c2[N+](=O)[O-])O1. The largest absolute Gasteiger partial charge is 0.440 e. The van der Waals surface area contributed by atoms with Crippen LogP contribution in [-0.2, 0) is 6.54 Å². The minimum atomic E-state index is -0.558. The molecule has 0 N–H and O–H groups in total. The standard InChI is InChI=1S/C12H10N4O5/c1-7-6-14-11(16(19)20)10(13-12(14)21-7)8-3-2-4-9(5-8)15(17)18/h2-5,7H,6H2,1H3. The molecule has 3 rings (SSSR count). The van der Waals surface area contributed by atoms with E-state index in [0.29, 0.717) is 12.1 Å². The molecule has 2 aromatic rings. The quantitative estimate of drug-likeness (QED) is 0.632. The number of imidazole rings is 1. The molecule has 0 fully saturated rings. The normalized spacial score (nSPS) is 16.3. The third kappa shape index (κ3) is 2.08. The molecule has 0 saturated carbocycles. The summed E-state index contributed by atoms with van der Waals surface area (Å²) in [4.78, 5) is 25.1. The molecule has 1 aliphatic rings. The fraction of sp³-hybridized carbons (Fsp3) is 0.250. The van der Waals surface area contributed by atoms with Gasteiger partial charge in [0.1, 0.15) is 12.6 Å². The van der Waals surface area contributed by atoms with Gasteiger partial charge in [-0.25, -0.2) is 0 Å². The van der Waals surface area contributed by atoms with E-state index in [9.17, 15) is 20.2 Å². The van der Waals surface area contributed by atoms with Crippen molar-refractivity contribution in [3.8, 4) is 17.3 Å². The Morgan fingerprint density at radius 3 is 2.76 bits per heavy atom. The second kappa shape index (κ2) is 4.54. The molecule has 1 unspecified atom stereocenters. The van der Waals surface area contributed by atoms with Crippen LogP contribution in [0.15, 0.2) is 24.3 Å². The molecule has 9 nitrogen and oxygen atoms in total. The van der Waals surface area contributed by atoms with E-state index in [0.717, 1.165) is 0 Å². The fourth-order valence-electron chi connectivity index (χ4n) is 2.30. The number of benzene rings is 1. The number of nitrogens with zero attached hydrogens (tertiary/aromatic N) is 4. The van der Waals surface area contributed by atoms with Crippen LogP contribution in [0.1, 0.15) is 6.92 Å². The smallest absolute Gasteiger partial charge is 0.392 e. The first-order valence-corrected chi connectivity index (χ1v) is 6.13. The Morgan fingerprint density at radius 1 is 1.33 bits per heavy atom. The number of hydrogen-bond acceptors (Lipinski definition) is 6. The van der Waals surface area contributed by atoms with Crippen LogP contribution in [0.2, 0.25) is 0 Å². The molecule has 0 spiro atoms. The molecule has 0 amide bonds. The monoisotopic (exact) mass is 290 g/mol. The summed E-state index contributed by atoms with van der Waals surface area (Å²) in [6.45, 7) is 2.11. The van der Waals surface area contributed by atoms with Gasteiger partial charge in [0.2, 0.25) is 0 Å². The minimum absolute atomic E-state index is 0.0746. The molecular weight excluding hydrogens is 280 g/mol. The summed E-state index contributed by atoms with van der Waals surface area (Å²) >= 11 is 0. The number of hydrogen-bond donors (Lipinski definition) is 0. The van der Waals surface area contributed by atoms with Crippen molar-refractivity contribution in [1.82, 2.24) is 9.55 Å². The molecule has 1 aromatic carbocycles. The summed E-state index contributed by atoms with van der Waals surface area (Å²) in [6.07, 6.45) is -0.189. The van der Waals surface area contributed by atoms with E-state index in [-0.39, 0.29) is 29.3 Å². The van der Waals surface area contributed by atoms with Gasteiger partial charge in [0.15, 0.2) is 5.69 Å². The van der Waals surface area contributed by atoms with Crippen LogP contribution in [-0.4, -0.2) is 25.5 Å². The highest BCUT2D eigenvalue weighted by Gasteiger charge is 2.36. The Morgan fingerprint density at radius 2 is 2.10 bits per heavy atom. The molecule has 108 valence electrons. The first-order valence-electron chi connectivity index (χ1n) is 6.13. The van der Waals surface area contributed by atoms with Crippen LogP contribution in [0.4, 0.5) is 11.5 Å². The van der Waals surface area contributed by atoms with Crippen molar-refractivity contribution in [3.05, 3.63) is 44.5 Å². The lowest BCUT2D eigenvalue weighted by atomic mass is 10.1. The lowest BCUT2D eigenvalue weighted by Gasteiger charge is -2.02. The van der Waals surface area contributed by atoms with Crippen molar-refractivity contribution in [3.63, 3.8) is 0 Å². The van der Waals surface area contributed by atoms with Gasteiger partial charge in [-0.3, -0.25) is 10.1 Å². The number of rotatable bonds is 3. The topological polar surface area (TPSA) is 113 Å². The molecule has 0 radical (unpaired) electrons. The highest BCUT2D eigenvalue weighted by atomic mass is 16.6. The molecule has 0 bridgehead atoms. The van der Waals surface area contributed by atoms with Crippen LogP contribution in [0, 0.1) is 20.2 Å². The summed E-state index contributed by atoms with van der Waals surface area (Å²) in [5, 5.41) is 22.1. The lowest BCUT2D eigenvalue weighted by molar-refractivity contribution is -0.391. The van der Waals surface area contributed by atoms with E-state index in [4.69, 9.17) is 4.74 Å². The Hall–Kier alpha value is -2.97. The maximum Gasteiger partial charge on any atom is 0.392 e. The first kappa shape index (κ1) is 13.0. The third-order valence-corrected chi connectivity index (χ3v) is 3.16. The average Bonchev–Trinajstić information content (AvgIpc) is 2.94. The van der Waals surface area contributed by atoms with Gasteiger partial charge >= 0.3 is 11.8 Å². The van der Waals surface area contributed by atoms with Gasteiger partial charge in [0.25, 0.3) is 5.69 Å². The van der Waals surface area contributed by atoms with Gasteiger partial charge in [-0.05, 0) is 11.8 Å². The van der Waals surface area contributed by atoms with Gasteiger partial charge < -0.3 is 14.9 Å². The third-order valence-electron chi connectivity index (χ3n) is 3.16. The summed E-state index contributed by atoms with van der Waals surface area (Å²) in [5.74, 6) is -0.213. The summed E-state index contributed by atoms with van der Waals surface area (Å²) in [5.41, 5.74) is 0.240. The number of nitro benzene ring substituents is 1. The Bertz CT molecular complexity index is 754. The van der Waals surface area contributed by atoms with Crippen molar-refractivity contribution < 1.29 is 14.6 Å². The van der Waals surface area contributed by atoms with Crippen molar-refractivity contribution in [1.29, 1.82) is 0 Å². The molecule has 1 aromatic heterocycles. The first-order chi connectivity index (χ1) is 9.97. The number of fused-ring (bicyclic) bond motifs is 1. The predicted octanol–water partition coefficient (Wildman–Crippen LogP) is 2.15. The van der Waals surface area contributed by atoms with E-state index in [1.54, 1.807) is 13.0 Å². The number of aromatic nitrogens is 2. The molecule has 0 saturated heterocycles. The molecule has 2 heterocycles. The van der Waals surface area contributed by atoms with E-state index >= 15 is 0 Å². The molecule has 0 aliphatic carbocycles. The number of non-ortho nitro benzene ring substituents is 1. The minimum Gasteiger partial charge on any atom is -0.440 e.